The Morgan fingerprint density at radius 2 is 1.93 bits per heavy atom. The molecule has 0 aromatic heterocycles. The molecule has 0 aliphatic heterocycles. The summed E-state index contributed by atoms with van der Waals surface area (Å²) in [5.41, 5.74) is -1.35. The van der Waals surface area contributed by atoms with E-state index in [2.05, 4.69) is 4.74 Å². The van der Waals surface area contributed by atoms with E-state index in [0.29, 0.717) is 12.1 Å². The number of hydrogen-bond acceptors (Lipinski definition) is 2. The van der Waals surface area contributed by atoms with Crippen LogP contribution in [0.25, 0.3) is 0 Å². The van der Waals surface area contributed by atoms with Crippen molar-refractivity contribution in [2.45, 2.75) is 6.18 Å². The zero-order chi connectivity index (χ0) is 11.5. The Morgan fingerprint density at radius 1 is 1.27 bits per heavy atom. The molecule has 0 saturated heterocycles. The summed E-state index contributed by atoms with van der Waals surface area (Å²) in [6.07, 6.45) is -4.73. The van der Waals surface area contributed by atoms with E-state index in [1.54, 1.807) is 0 Å². The summed E-state index contributed by atoms with van der Waals surface area (Å²) in [5, 5.41) is 0. The van der Waals surface area contributed by atoms with Crippen LogP contribution in [0.3, 0.4) is 0 Å². The van der Waals surface area contributed by atoms with E-state index in [1.807, 2.05) is 0 Å². The molecule has 0 radical (unpaired) electrons. The lowest BCUT2D eigenvalue weighted by Gasteiger charge is -2.10. The molecule has 15 heavy (non-hydrogen) atoms. The lowest BCUT2D eigenvalue weighted by Crippen LogP contribution is -2.09. The van der Waals surface area contributed by atoms with Crippen molar-refractivity contribution in [1.82, 2.24) is 0 Å². The molecule has 1 aromatic rings. The van der Waals surface area contributed by atoms with Crippen molar-refractivity contribution in [3.8, 4) is 5.75 Å². The van der Waals surface area contributed by atoms with Gasteiger partial charge in [0.05, 0.1) is 5.56 Å². The number of alkyl halides is 3. The van der Waals surface area contributed by atoms with Crippen LogP contribution in [-0.2, 0) is 10.9 Å². The smallest absolute Gasteiger partial charge is 0.419 e. The summed E-state index contributed by atoms with van der Waals surface area (Å²) in [6, 6.07) is 2.39. The summed E-state index contributed by atoms with van der Waals surface area (Å²) in [6.45, 7) is -0.192. The second-order valence-electron chi connectivity index (χ2n) is 2.69. The second-order valence-corrected chi connectivity index (χ2v) is 2.69. The van der Waals surface area contributed by atoms with Gasteiger partial charge in [0.1, 0.15) is 11.6 Å². The molecule has 0 fully saturated rings. The molecule has 0 aliphatic rings. The van der Waals surface area contributed by atoms with Crippen molar-refractivity contribution in [2.24, 2.45) is 0 Å². The third kappa shape index (κ3) is 3.09. The predicted molar refractivity (Wildman–Crippen MR) is 43.9 cm³/mol. The summed E-state index contributed by atoms with van der Waals surface area (Å²) in [7, 11) is 1.33. The average Bonchev–Trinajstić information content (AvgIpc) is 2.15. The monoisotopic (exact) mass is 224 g/mol. The van der Waals surface area contributed by atoms with Gasteiger partial charge in [0, 0.05) is 7.11 Å². The highest BCUT2D eigenvalue weighted by atomic mass is 19.4. The van der Waals surface area contributed by atoms with Crippen molar-refractivity contribution in [2.75, 3.05) is 13.9 Å². The normalized spacial score (nSPS) is 11.5. The van der Waals surface area contributed by atoms with Gasteiger partial charge in [-0.1, -0.05) is 0 Å². The van der Waals surface area contributed by atoms with Gasteiger partial charge in [-0.15, -0.1) is 0 Å². The summed E-state index contributed by atoms with van der Waals surface area (Å²) < 4.78 is 58.7. The van der Waals surface area contributed by atoms with Gasteiger partial charge in [-0.25, -0.2) is 4.39 Å². The molecular weight excluding hydrogens is 216 g/mol. The molecular formula is C9H8F4O2. The summed E-state index contributed by atoms with van der Waals surface area (Å²) in [4.78, 5) is 0. The Labute approximate surface area is 83.4 Å². The Kier molecular flexibility index (Phi) is 3.52. The van der Waals surface area contributed by atoms with E-state index in [-0.39, 0.29) is 12.5 Å². The first-order chi connectivity index (χ1) is 6.95. The highest BCUT2D eigenvalue weighted by Gasteiger charge is 2.34. The summed E-state index contributed by atoms with van der Waals surface area (Å²) >= 11 is 0. The highest BCUT2D eigenvalue weighted by molar-refractivity contribution is 5.31. The molecule has 0 saturated carbocycles. The fourth-order valence-electron chi connectivity index (χ4n) is 0.938. The van der Waals surface area contributed by atoms with E-state index in [0.717, 1.165) is 6.07 Å². The zero-order valence-corrected chi connectivity index (χ0v) is 7.77. The van der Waals surface area contributed by atoms with E-state index in [4.69, 9.17) is 4.74 Å². The number of hydrogen-bond donors (Lipinski definition) is 0. The van der Waals surface area contributed by atoms with E-state index < -0.39 is 17.6 Å². The van der Waals surface area contributed by atoms with Gasteiger partial charge in [-0.05, 0) is 18.2 Å². The number of halogens is 4. The van der Waals surface area contributed by atoms with Crippen LogP contribution in [0, 0.1) is 5.82 Å². The van der Waals surface area contributed by atoms with Crippen LogP contribution in [0.4, 0.5) is 17.6 Å². The number of ether oxygens (including phenoxy) is 2. The SMILES string of the molecule is COCOc1ccc(F)c(C(F)(F)F)c1. The topological polar surface area (TPSA) is 18.5 Å². The third-order valence-corrected chi connectivity index (χ3v) is 1.59. The van der Waals surface area contributed by atoms with Crippen LogP contribution in [0.5, 0.6) is 5.75 Å². The molecule has 0 atom stereocenters. The van der Waals surface area contributed by atoms with Crippen LogP contribution >= 0.6 is 0 Å². The minimum atomic E-state index is -4.73. The standard InChI is InChI=1S/C9H8F4O2/c1-14-5-15-6-2-3-8(10)7(4-6)9(11,12)13/h2-4H,5H2,1H3. The molecule has 0 unspecified atom stereocenters. The molecule has 0 N–H and O–H groups in total. The molecule has 2 nitrogen and oxygen atoms in total. The van der Waals surface area contributed by atoms with Crippen molar-refractivity contribution < 1.29 is 27.0 Å². The van der Waals surface area contributed by atoms with Crippen LogP contribution in [0.1, 0.15) is 5.56 Å². The summed E-state index contributed by atoms with van der Waals surface area (Å²) in [5.74, 6) is -1.42. The highest BCUT2D eigenvalue weighted by Crippen LogP contribution is 2.33. The molecule has 0 aliphatic carbocycles. The predicted octanol–water partition coefficient (Wildman–Crippen LogP) is 2.83. The fraction of sp³-hybridized carbons (Fsp3) is 0.333. The number of methoxy groups -OCH3 is 1. The lowest BCUT2D eigenvalue weighted by molar-refractivity contribution is -0.140. The van der Waals surface area contributed by atoms with Gasteiger partial charge in [-0.3, -0.25) is 0 Å². The molecule has 0 bridgehead atoms. The Morgan fingerprint density at radius 3 is 2.47 bits per heavy atom. The van der Waals surface area contributed by atoms with Crippen molar-refractivity contribution in [3.63, 3.8) is 0 Å². The Hall–Kier alpha value is -1.30. The van der Waals surface area contributed by atoms with Crippen LogP contribution in [-0.4, -0.2) is 13.9 Å². The number of rotatable bonds is 3. The van der Waals surface area contributed by atoms with E-state index in [9.17, 15) is 17.6 Å². The van der Waals surface area contributed by atoms with Gasteiger partial charge >= 0.3 is 6.18 Å². The van der Waals surface area contributed by atoms with Crippen LogP contribution in [0.2, 0.25) is 0 Å². The lowest BCUT2D eigenvalue weighted by atomic mass is 10.2. The molecule has 1 rings (SSSR count). The van der Waals surface area contributed by atoms with Crippen molar-refractivity contribution >= 4 is 0 Å². The maximum absolute atomic E-state index is 12.8. The first-order valence-electron chi connectivity index (χ1n) is 3.93. The average molecular weight is 224 g/mol. The van der Waals surface area contributed by atoms with E-state index >= 15 is 0 Å². The second kappa shape index (κ2) is 4.48. The quantitative estimate of drug-likeness (QED) is 0.580. The van der Waals surface area contributed by atoms with Crippen molar-refractivity contribution in [1.29, 1.82) is 0 Å². The van der Waals surface area contributed by atoms with Gasteiger partial charge < -0.3 is 9.47 Å². The number of benzene rings is 1. The van der Waals surface area contributed by atoms with Crippen LogP contribution in [0.15, 0.2) is 18.2 Å². The zero-order valence-electron chi connectivity index (χ0n) is 7.77. The third-order valence-electron chi connectivity index (χ3n) is 1.59. The molecule has 0 heterocycles. The van der Waals surface area contributed by atoms with Gasteiger partial charge in [0.2, 0.25) is 0 Å². The molecule has 84 valence electrons. The fourth-order valence-corrected chi connectivity index (χ4v) is 0.938. The maximum atomic E-state index is 12.8. The minimum absolute atomic E-state index is 0.0921. The Balaban J connectivity index is 2.95. The molecule has 6 heteroatoms. The maximum Gasteiger partial charge on any atom is 0.419 e. The van der Waals surface area contributed by atoms with Gasteiger partial charge in [0.15, 0.2) is 6.79 Å². The van der Waals surface area contributed by atoms with E-state index in [1.165, 1.54) is 7.11 Å². The van der Waals surface area contributed by atoms with Gasteiger partial charge in [0.25, 0.3) is 0 Å². The molecule has 0 spiro atoms. The molecule has 1 aromatic carbocycles. The molecule has 0 amide bonds. The largest absolute Gasteiger partial charge is 0.468 e. The first-order valence-corrected chi connectivity index (χ1v) is 3.93. The van der Waals surface area contributed by atoms with Crippen molar-refractivity contribution in [3.05, 3.63) is 29.6 Å². The van der Waals surface area contributed by atoms with Crippen LogP contribution < -0.4 is 4.74 Å². The Bertz CT molecular complexity index is 335. The first kappa shape index (κ1) is 11.8. The minimum Gasteiger partial charge on any atom is -0.468 e. The van der Waals surface area contributed by atoms with Gasteiger partial charge in [-0.2, -0.15) is 13.2 Å².